The van der Waals surface area contributed by atoms with Gasteiger partial charge in [0.1, 0.15) is 5.01 Å². The molecule has 1 unspecified atom stereocenters. The predicted molar refractivity (Wildman–Crippen MR) is 78.2 cm³/mol. The Morgan fingerprint density at radius 3 is 2.95 bits per heavy atom. The van der Waals surface area contributed by atoms with Gasteiger partial charge in [0.25, 0.3) is 0 Å². The van der Waals surface area contributed by atoms with E-state index in [9.17, 15) is 4.79 Å². The molecule has 0 aliphatic carbocycles. The Labute approximate surface area is 119 Å². The third kappa shape index (κ3) is 4.58. The van der Waals surface area contributed by atoms with Crippen molar-refractivity contribution in [3.63, 3.8) is 0 Å². The van der Waals surface area contributed by atoms with Crippen LogP contribution in [0.1, 0.15) is 48.5 Å². The minimum absolute atomic E-state index is 0.0271. The van der Waals surface area contributed by atoms with Gasteiger partial charge in [-0.25, -0.2) is 4.98 Å². The highest BCUT2D eigenvalue weighted by Crippen LogP contribution is 2.20. The van der Waals surface area contributed by atoms with Crippen LogP contribution in [-0.4, -0.2) is 24.0 Å². The number of piperidine rings is 1. The standard InChI is InChI=1S/C14H23N3OS/c1-10-9-16-14(19-10)11(2)17-13(18)4-3-12-5-7-15-8-6-12/h9,11-12,15H,3-8H2,1-2H3,(H,17,18). The Hall–Kier alpha value is -0.940. The number of amides is 1. The maximum atomic E-state index is 11.9. The molecule has 0 aromatic carbocycles. The molecule has 0 bridgehead atoms. The number of carbonyl (C=O) groups excluding carboxylic acids is 1. The van der Waals surface area contributed by atoms with E-state index in [0.29, 0.717) is 12.3 Å². The summed E-state index contributed by atoms with van der Waals surface area (Å²) in [4.78, 5) is 17.4. The monoisotopic (exact) mass is 281 g/mol. The van der Waals surface area contributed by atoms with E-state index in [1.54, 1.807) is 11.3 Å². The molecule has 1 atom stereocenters. The highest BCUT2D eigenvalue weighted by atomic mass is 32.1. The van der Waals surface area contributed by atoms with Gasteiger partial charge in [0.15, 0.2) is 0 Å². The van der Waals surface area contributed by atoms with Gasteiger partial charge in [0, 0.05) is 17.5 Å². The number of rotatable bonds is 5. The molecule has 1 amide bonds. The molecule has 19 heavy (non-hydrogen) atoms. The number of aromatic nitrogens is 1. The fourth-order valence-electron chi connectivity index (χ4n) is 2.45. The van der Waals surface area contributed by atoms with Gasteiger partial charge in [-0.1, -0.05) is 0 Å². The van der Waals surface area contributed by atoms with Crippen LogP contribution >= 0.6 is 11.3 Å². The van der Waals surface area contributed by atoms with Crippen LogP contribution in [0, 0.1) is 12.8 Å². The van der Waals surface area contributed by atoms with E-state index in [4.69, 9.17) is 0 Å². The molecule has 1 aromatic rings. The Kier molecular flexibility index (Phi) is 5.34. The molecule has 0 radical (unpaired) electrons. The summed E-state index contributed by atoms with van der Waals surface area (Å²) in [5, 5.41) is 7.39. The summed E-state index contributed by atoms with van der Waals surface area (Å²) in [6, 6.07) is 0.0271. The summed E-state index contributed by atoms with van der Waals surface area (Å²) in [5.74, 6) is 0.864. The van der Waals surface area contributed by atoms with Gasteiger partial charge < -0.3 is 10.6 Å². The molecule has 1 aromatic heterocycles. The first-order chi connectivity index (χ1) is 9.15. The van der Waals surface area contributed by atoms with E-state index in [1.165, 1.54) is 17.7 Å². The minimum atomic E-state index is 0.0271. The number of nitrogens with one attached hydrogen (secondary N) is 2. The summed E-state index contributed by atoms with van der Waals surface area (Å²) < 4.78 is 0. The molecule has 0 spiro atoms. The first kappa shape index (κ1) is 14.5. The second-order valence-electron chi connectivity index (χ2n) is 5.33. The van der Waals surface area contributed by atoms with Crippen LogP contribution in [0.15, 0.2) is 6.20 Å². The molecule has 106 valence electrons. The molecule has 0 saturated carbocycles. The first-order valence-electron chi connectivity index (χ1n) is 7.07. The zero-order valence-electron chi connectivity index (χ0n) is 11.7. The fourth-order valence-corrected chi connectivity index (χ4v) is 3.23. The average Bonchev–Trinajstić information content (AvgIpc) is 2.84. The van der Waals surface area contributed by atoms with Gasteiger partial charge in [-0.2, -0.15) is 0 Å². The summed E-state index contributed by atoms with van der Waals surface area (Å²) >= 11 is 1.65. The Bertz CT molecular complexity index is 413. The van der Waals surface area contributed by atoms with Crippen LogP contribution < -0.4 is 10.6 Å². The van der Waals surface area contributed by atoms with Crippen molar-refractivity contribution in [2.24, 2.45) is 5.92 Å². The maximum absolute atomic E-state index is 11.9. The number of nitrogens with zero attached hydrogens (tertiary/aromatic N) is 1. The zero-order chi connectivity index (χ0) is 13.7. The van der Waals surface area contributed by atoms with Crippen molar-refractivity contribution in [1.29, 1.82) is 0 Å². The van der Waals surface area contributed by atoms with E-state index in [1.807, 2.05) is 20.0 Å². The van der Waals surface area contributed by atoms with Crippen LogP contribution in [-0.2, 0) is 4.79 Å². The Morgan fingerprint density at radius 1 is 1.58 bits per heavy atom. The molecule has 2 N–H and O–H groups in total. The summed E-state index contributed by atoms with van der Waals surface area (Å²) in [6.45, 7) is 6.23. The minimum Gasteiger partial charge on any atom is -0.347 e. The molecular formula is C14H23N3OS. The molecule has 5 heteroatoms. The molecule has 2 heterocycles. The second-order valence-corrected chi connectivity index (χ2v) is 6.60. The van der Waals surface area contributed by atoms with E-state index >= 15 is 0 Å². The van der Waals surface area contributed by atoms with E-state index in [0.717, 1.165) is 24.5 Å². The molecule has 2 rings (SSSR count). The lowest BCUT2D eigenvalue weighted by Gasteiger charge is -2.22. The van der Waals surface area contributed by atoms with Crippen LogP contribution in [0.3, 0.4) is 0 Å². The van der Waals surface area contributed by atoms with Crippen molar-refractivity contribution in [2.45, 2.75) is 45.6 Å². The number of aryl methyl sites for hydroxylation is 1. The Morgan fingerprint density at radius 2 is 2.32 bits per heavy atom. The molecule has 4 nitrogen and oxygen atoms in total. The van der Waals surface area contributed by atoms with Gasteiger partial charge in [-0.15, -0.1) is 11.3 Å². The number of thiazole rings is 1. The van der Waals surface area contributed by atoms with Crippen LogP contribution in [0.4, 0.5) is 0 Å². The van der Waals surface area contributed by atoms with Gasteiger partial charge >= 0.3 is 0 Å². The van der Waals surface area contributed by atoms with Gasteiger partial charge in [0.05, 0.1) is 6.04 Å². The fraction of sp³-hybridized carbons (Fsp3) is 0.714. The summed E-state index contributed by atoms with van der Waals surface area (Å²) in [5.41, 5.74) is 0. The third-order valence-corrected chi connectivity index (χ3v) is 4.72. The van der Waals surface area contributed by atoms with Crippen LogP contribution in [0.25, 0.3) is 0 Å². The number of carbonyl (C=O) groups is 1. The topological polar surface area (TPSA) is 54.0 Å². The van der Waals surface area contributed by atoms with Crippen molar-refractivity contribution in [3.05, 3.63) is 16.1 Å². The van der Waals surface area contributed by atoms with Crippen molar-refractivity contribution in [2.75, 3.05) is 13.1 Å². The molecule has 1 saturated heterocycles. The van der Waals surface area contributed by atoms with Crippen LogP contribution in [0.5, 0.6) is 0 Å². The molecule has 1 fully saturated rings. The lowest BCUT2D eigenvalue weighted by molar-refractivity contribution is -0.122. The highest BCUT2D eigenvalue weighted by Gasteiger charge is 2.16. The Balaban J connectivity index is 1.71. The van der Waals surface area contributed by atoms with E-state index < -0.39 is 0 Å². The normalized spacial score (nSPS) is 18.2. The molecular weight excluding hydrogens is 258 g/mol. The quantitative estimate of drug-likeness (QED) is 0.871. The average molecular weight is 281 g/mol. The van der Waals surface area contributed by atoms with Crippen LogP contribution in [0.2, 0.25) is 0 Å². The second kappa shape index (κ2) is 7.01. The van der Waals surface area contributed by atoms with Crippen molar-refractivity contribution >= 4 is 17.2 Å². The molecule has 1 aliphatic rings. The summed E-state index contributed by atoms with van der Waals surface area (Å²) in [6.07, 6.45) is 5.91. The van der Waals surface area contributed by atoms with Crippen molar-refractivity contribution in [3.8, 4) is 0 Å². The summed E-state index contributed by atoms with van der Waals surface area (Å²) in [7, 11) is 0. The van der Waals surface area contributed by atoms with E-state index in [-0.39, 0.29) is 11.9 Å². The van der Waals surface area contributed by atoms with Gasteiger partial charge in [-0.3, -0.25) is 4.79 Å². The maximum Gasteiger partial charge on any atom is 0.220 e. The molecule has 1 aliphatic heterocycles. The smallest absolute Gasteiger partial charge is 0.220 e. The largest absolute Gasteiger partial charge is 0.347 e. The van der Waals surface area contributed by atoms with Gasteiger partial charge in [0.2, 0.25) is 5.91 Å². The van der Waals surface area contributed by atoms with Crippen molar-refractivity contribution in [1.82, 2.24) is 15.6 Å². The first-order valence-corrected chi connectivity index (χ1v) is 7.89. The highest BCUT2D eigenvalue weighted by molar-refractivity contribution is 7.11. The lowest BCUT2D eigenvalue weighted by Crippen LogP contribution is -2.30. The zero-order valence-corrected chi connectivity index (χ0v) is 12.6. The number of hydrogen-bond acceptors (Lipinski definition) is 4. The number of hydrogen-bond donors (Lipinski definition) is 2. The van der Waals surface area contributed by atoms with Crippen molar-refractivity contribution < 1.29 is 4.79 Å². The SMILES string of the molecule is Cc1cnc(C(C)NC(=O)CCC2CCNCC2)s1. The predicted octanol–water partition coefficient (Wildman–Crippen LogP) is 2.41. The third-order valence-electron chi connectivity index (χ3n) is 3.63. The van der Waals surface area contributed by atoms with E-state index in [2.05, 4.69) is 15.6 Å². The lowest BCUT2D eigenvalue weighted by atomic mass is 9.93. The van der Waals surface area contributed by atoms with Gasteiger partial charge in [-0.05, 0) is 52.1 Å².